The number of hydrogen-bond acceptors (Lipinski definition) is 3. The highest BCUT2D eigenvalue weighted by molar-refractivity contribution is 5.98. The molecule has 1 fully saturated rings. The lowest BCUT2D eigenvalue weighted by Gasteiger charge is -2.23. The lowest BCUT2D eigenvalue weighted by atomic mass is 10.1. The summed E-state index contributed by atoms with van der Waals surface area (Å²) in [7, 11) is 0. The molecule has 0 bridgehead atoms. The fraction of sp³-hybridized carbons (Fsp3) is 0.250. The van der Waals surface area contributed by atoms with Crippen molar-refractivity contribution in [3.8, 4) is 0 Å². The summed E-state index contributed by atoms with van der Waals surface area (Å²) in [5, 5.41) is 3.92. The molecule has 3 heterocycles. The number of pyridine rings is 1. The molecule has 1 aliphatic heterocycles. The molecule has 132 valence electrons. The van der Waals surface area contributed by atoms with Gasteiger partial charge in [-0.1, -0.05) is 18.2 Å². The Morgan fingerprint density at radius 3 is 3.04 bits per heavy atom. The molecule has 6 nitrogen and oxygen atoms in total. The number of hydrogen-bond donors (Lipinski definition) is 2. The highest BCUT2D eigenvalue weighted by Crippen LogP contribution is 2.26. The van der Waals surface area contributed by atoms with E-state index in [1.165, 1.54) is 0 Å². The van der Waals surface area contributed by atoms with Gasteiger partial charge in [0.2, 0.25) is 11.8 Å². The first kappa shape index (κ1) is 16.3. The number of carbonyl (C=O) groups excluding carboxylic acids is 2. The van der Waals surface area contributed by atoms with Crippen LogP contribution in [-0.4, -0.2) is 32.7 Å². The van der Waals surface area contributed by atoms with Crippen LogP contribution in [0.3, 0.4) is 0 Å². The van der Waals surface area contributed by atoms with Crippen LogP contribution in [0.25, 0.3) is 10.9 Å². The van der Waals surface area contributed by atoms with Crippen molar-refractivity contribution in [2.45, 2.75) is 32.4 Å². The molecule has 0 aliphatic carbocycles. The molecule has 1 aliphatic rings. The summed E-state index contributed by atoms with van der Waals surface area (Å²) in [6.07, 6.45) is 4.49. The molecule has 1 saturated heterocycles. The molecule has 0 saturated carbocycles. The molecule has 0 unspecified atom stereocenters. The first-order valence-electron chi connectivity index (χ1n) is 8.70. The van der Waals surface area contributed by atoms with Crippen molar-refractivity contribution in [1.29, 1.82) is 0 Å². The minimum Gasteiger partial charge on any atom is -0.361 e. The Morgan fingerprint density at radius 1 is 1.35 bits per heavy atom. The number of likely N-dealkylation sites (tertiary alicyclic amines) is 1. The van der Waals surface area contributed by atoms with E-state index in [9.17, 15) is 9.59 Å². The number of aromatic amines is 1. The molecule has 2 N–H and O–H groups in total. The van der Waals surface area contributed by atoms with E-state index in [1.807, 2.05) is 49.5 Å². The summed E-state index contributed by atoms with van der Waals surface area (Å²) in [4.78, 5) is 34.2. The largest absolute Gasteiger partial charge is 0.361 e. The molecule has 2 aromatic heterocycles. The van der Waals surface area contributed by atoms with Crippen LogP contribution in [0, 0.1) is 6.92 Å². The summed E-state index contributed by atoms with van der Waals surface area (Å²) >= 11 is 0. The summed E-state index contributed by atoms with van der Waals surface area (Å²) in [5.74, 6) is 0.336. The molecule has 3 aromatic rings. The third-order valence-electron chi connectivity index (χ3n) is 4.81. The number of benzene rings is 1. The van der Waals surface area contributed by atoms with Crippen LogP contribution in [0.1, 0.15) is 24.0 Å². The number of para-hydroxylation sites is 1. The summed E-state index contributed by atoms with van der Waals surface area (Å²) in [5.41, 5.74) is 3.06. The number of fused-ring (bicyclic) bond motifs is 1. The van der Waals surface area contributed by atoms with Gasteiger partial charge in [0, 0.05) is 36.3 Å². The summed E-state index contributed by atoms with van der Waals surface area (Å²) in [6.45, 7) is 2.36. The molecule has 1 atom stereocenters. The smallest absolute Gasteiger partial charge is 0.248 e. The van der Waals surface area contributed by atoms with Crippen LogP contribution in [0.4, 0.5) is 5.82 Å². The highest BCUT2D eigenvalue weighted by atomic mass is 16.2. The van der Waals surface area contributed by atoms with Gasteiger partial charge in [0.15, 0.2) is 0 Å². The van der Waals surface area contributed by atoms with Crippen LogP contribution >= 0.6 is 0 Å². The van der Waals surface area contributed by atoms with Gasteiger partial charge in [0.25, 0.3) is 0 Å². The molecular weight excluding hydrogens is 328 g/mol. The Kier molecular flexibility index (Phi) is 4.16. The topological polar surface area (TPSA) is 78.1 Å². The second kappa shape index (κ2) is 6.63. The van der Waals surface area contributed by atoms with Crippen molar-refractivity contribution in [2.24, 2.45) is 0 Å². The van der Waals surface area contributed by atoms with E-state index in [0.29, 0.717) is 25.2 Å². The summed E-state index contributed by atoms with van der Waals surface area (Å²) in [6, 6.07) is 11.2. The number of amides is 2. The Morgan fingerprint density at radius 2 is 2.19 bits per heavy atom. The van der Waals surface area contributed by atoms with Gasteiger partial charge in [0.1, 0.15) is 11.9 Å². The quantitative estimate of drug-likeness (QED) is 0.761. The predicted molar refractivity (Wildman–Crippen MR) is 99.5 cm³/mol. The third-order valence-corrected chi connectivity index (χ3v) is 4.81. The van der Waals surface area contributed by atoms with Crippen molar-refractivity contribution in [3.63, 3.8) is 0 Å². The van der Waals surface area contributed by atoms with Crippen molar-refractivity contribution in [2.75, 3.05) is 5.32 Å². The molecule has 26 heavy (non-hydrogen) atoms. The zero-order valence-corrected chi connectivity index (χ0v) is 14.5. The zero-order valence-electron chi connectivity index (χ0n) is 14.5. The number of aryl methyl sites for hydroxylation is 1. The zero-order chi connectivity index (χ0) is 18.1. The number of carbonyl (C=O) groups is 2. The number of aromatic nitrogens is 2. The first-order valence-corrected chi connectivity index (χ1v) is 8.70. The fourth-order valence-electron chi connectivity index (χ4n) is 3.46. The second-order valence-electron chi connectivity index (χ2n) is 6.64. The Hall–Kier alpha value is -3.15. The van der Waals surface area contributed by atoms with E-state index < -0.39 is 6.04 Å². The van der Waals surface area contributed by atoms with Crippen LogP contribution in [0.15, 0.2) is 48.8 Å². The van der Waals surface area contributed by atoms with E-state index >= 15 is 0 Å². The van der Waals surface area contributed by atoms with Crippen LogP contribution in [0.5, 0.6) is 0 Å². The van der Waals surface area contributed by atoms with Gasteiger partial charge in [-0.15, -0.1) is 0 Å². The molecular formula is C20H20N4O2. The maximum atomic E-state index is 12.7. The molecule has 6 heteroatoms. The van der Waals surface area contributed by atoms with Crippen molar-refractivity contribution >= 4 is 28.5 Å². The van der Waals surface area contributed by atoms with E-state index in [-0.39, 0.29) is 11.8 Å². The molecule has 0 spiro atoms. The van der Waals surface area contributed by atoms with Crippen LogP contribution in [-0.2, 0) is 16.1 Å². The average Bonchev–Trinajstić information content (AvgIpc) is 3.20. The normalized spacial score (nSPS) is 17.0. The van der Waals surface area contributed by atoms with Gasteiger partial charge in [-0.3, -0.25) is 9.59 Å². The van der Waals surface area contributed by atoms with Crippen molar-refractivity contribution < 1.29 is 9.59 Å². The monoisotopic (exact) mass is 348 g/mol. The molecule has 2 amide bonds. The third kappa shape index (κ3) is 3.06. The number of nitrogens with one attached hydrogen (secondary N) is 2. The Balaban J connectivity index is 1.54. The minimum atomic E-state index is -0.474. The Bertz CT molecular complexity index is 979. The standard InChI is InChI=1S/C20H20N4O2/c1-13-8-9-21-18(10-13)23-20(26)17-6-7-19(25)24(17)12-14-11-22-16-5-3-2-4-15(14)16/h2-5,8-11,17,22H,6-7,12H2,1H3,(H,21,23,26)/t17-/m0/s1. The molecule has 1 aromatic carbocycles. The van der Waals surface area contributed by atoms with E-state index in [0.717, 1.165) is 22.0 Å². The van der Waals surface area contributed by atoms with Crippen LogP contribution in [0.2, 0.25) is 0 Å². The van der Waals surface area contributed by atoms with E-state index in [4.69, 9.17) is 0 Å². The number of nitrogens with zero attached hydrogens (tertiary/aromatic N) is 2. The SMILES string of the molecule is Cc1ccnc(NC(=O)[C@@H]2CCC(=O)N2Cc2c[nH]c3ccccc23)c1. The van der Waals surface area contributed by atoms with E-state index in [1.54, 1.807) is 11.1 Å². The molecule has 4 rings (SSSR count). The second-order valence-corrected chi connectivity index (χ2v) is 6.64. The van der Waals surface area contributed by atoms with E-state index in [2.05, 4.69) is 15.3 Å². The Labute approximate surface area is 151 Å². The van der Waals surface area contributed by atoms with Gasteiger partial charge in [-0.2, -0.15) is 0 Å². The average molecular weight is 348 g/mol. The van der Waals surface area contributed by atoms with Crippen molar-refractivity contribution in [1.82, 2.24) is 14.9 Å². The molecule has 0 radical (unpaired) electrons. The maximum absolute atomic E-state index is 12.7. The lowest BCUT2D eigenvalue weighted by Crippen LogP contribution is -2.41. The van der Waals surface area contributed by atoms with Gasteiger partial charge >= 0.3 is 0 Å². The highest BCUT2D eigenvalue weighted by Gasteiger charge is 2.36. The number of anilines is 1. The number of H-pyrrole nitrogens is 1. The lowest BCUT2D eigenvalue weighted by molar-refractivity contribution is -0.133. The minimum absolute atomic E-state index is 0.00707. The van der Waals surface area contributed by atoms with Crippen LogP contribution < -0.4 is 5.32 Å². The van der Waals surface area contributed by atoms with Gasteiger partial charge in [0.05, 0.1) is 0 Å². The van der Waals surface area contributed by atoms with Crippen molar-refractivity contribution in [3.05, 3.63) is 59.9 Å². The maximum Gasteiger partial charge on any atom is 0.248 e. The van der Waals surface area contributed by atoms with Gasteiger partial charge < -0.3 is 15.2 Å². The fourth-order valence-corrected chi connectivity index (χ4v) is 3.46. The first-order chi connectivity index (χ1) is 12.6. The van der Waals surface area contributed by atoms with Gasteiger partial charge in [-0.25, -0.2) is 4.98 Å². The number of rotatable bonds is 4. The van der Waals surface area contributed by atoms with Gasteiger partial charge in [-0.05, 0) is 42.7 Å². The summed E-state index contributed by atoms with van der Waals surface area (Å²) < 4.78 is 0. The predicted octanol–water partition coefficient (Wildman–Crippen LogP) is 3.00.